The Morgan fingerprint density at radius 3 is 2.61 bits per heavy atom. The summed E-state index contributed by atoms with van der Waals surface area (Å²) in [6, 6.07) is -1.14. The Labute approximate surface area is 166 Å². The minimum atomic E-state index is -1.18. The number of nitrogens with zero attached hydrogens (tertiary/aromatic N) is 2. The molecule has 4 N–H and O–H groups in total. The SMILES string of the molecule is CC(c1c[nH]cn1)C(NC(=O)CCNC(=O)CCCCO[N+](=O)[O-])C(=O)O.Cl. The molecule has 2 unspecified atom stereocenters. The predicted molar refractivity (Wildman–Crippen MR) is 98.2 cm³/mol. The lowest BCUT2D eigenvalue weighted by Gasteiger charge is -2.20. The van der Waals surface area contributed by atoms with Crippen LogP contribution in [0.2, 0.25) is 0 Å². The van der Waals surface area contributed by atoms with E-state index in [1.807, 2.05) is 0 Å². The molecule has 1 heterocycles. The van der Waals surface area contributed by atoms with Gasteiger partial charge in [-0.2, -0.15) is 0 Å². The minimum Gasteiger partial charge on any atom is -0.480 e. The Bertz CT molecular complexity index is 641. The maximum Gasteiger partial charge on any atom is 0.326 e. The highest BCUT2D eigenvalue weighted by Crippen LogP contribution is 2.16. The maximum absolute atomic E-state index is 11.9. The molecule has 0 saturated heterocycles. The van der Waals surface area contributed by atoms with Gasteiger partial charge in [0.05, 0.1) is 18.6 Å². The first-order chi connectivity index (χ1) is 12.8. The summed E-state index contributed by atoms with van der Waals surface area (Å²) in [6.07, 6.45) is 3.83. The third-order valence-electron chi connectivity index (χ3n) is 3.74. The lowest BCUT2D eigenvalue weighted by Crippen LogP contribution is -2.45. The van der Waals surface area contributed by atoms with Crippen molar-refractivity contribution in [3.63, 3.8) is 0 Å². The van der Waals surface area contributed by atoms with Gasteiger partial charge in [-0.25, -0.2) is 9.78 Å². The molecule has 0 saturated carbocycles. The predicted octanol–water partition coefficient (Wildman–Crippen LogP) is 0.389. The fourth-order valence-corrected chi connectivity index (χ4v) is 2.27. The van der Waals surface area contributed by atoms with Crippen molar-refractivity contribution in [1.82, 2.24) is 20.6 Å². The summed E-state index contributed by atoms with van der Waals surface area (Å²) >= 11 is 0. The second-order valence-corrected chi connectivity index (χ2v) is 5.78. The third kappa shape index (κ3) is 9.71. The molecule has 0 fully saturated rings. The number of aromatic amines is 1. The summed E-state index contributed by atoms with van der Waals surface area (Å²) in [5.74, 6) is -2.53. The van der Waals surface area contributed by atoms with E-state index in [-0.39, 0.29) is 44.3 Å². The number of aliphatic carboxylic acids is 1. The topological polar surface area (TPSA) is 177 Å². The third-order valence-corrected chi connectivity index (χ3v) is 3.74. The van der Waals surface area contributed by atoms with E-state index in [4.69, 9.17) is 0 Å². The normalized spacial score (nSPS) is 12.2. The van der Waals surface area contributed by atoms with Gasteiger partial charge in [0.2, 0.25) is 11.8 Å². The zero-order chi connectivity index (χ0) is 20.2. The van der Waals surface area contributed by atoms with Crippen molar-refractivity contribution in [3.05, 3.63) is 28.3 Å². The summed E-state index contributed by atoms with van der Waals surface area (Å²) < 4.78 is 0. The molecule has 28 heavy (non-hydrogen) atoms. The molecule has 0 aliphatic heterocycles. The van der Waals surface area contributed by atoms with Gasteiger partial charge in [0.1, 0.15) is 6.04 Å². The Balaban J connectivity index is 0.00000729. The smallest absolute Gasteiger partial charge is 0.326 e. The Morgan fingerprint density at radius 2 is 2.04 bits per heavy atom. The fraction of sp³-hybridized carbons (Fsp3) is 0.600. The van der Waals surface area contributed by atoms with Crippen molar-refractivity contribution in [2.45, 2.75) is 44.6 Å². The number of imidazole rings is 1. The van der Waals surface area contributed by atoms with E-state index in [0.717, 1.165) is 0 Å². The van der Waals surface area contributed by atoms with Gasteiger partial charge in [-0.3, -0.25) is 9.59 Å². The van der Waals surface area contributed by atoms with E-state index >= 15 is 0 Å². The van der Waals surface area contributed by atoms with Gasteiger partial charge in [0.15, 0.2) is 0 Å². The van der Waals surface area contributed by atoms with Crippen molar-refractivity contribution < 1.29 is 29.4 Å². The highest BCUT2D eigenvalue weighted by Gasteiger charge is 2.28. The second kappa shape index (κ2) is 13.3. The lowest BCUT2D eigenvalue weighted by atomic mass is 9.99. The van der Waals surface area contributed by atoms with Gasteiger partial charge in [0, 0.05) is 31.5 Å². The molecule has 12 nitrogen and oxygen atoms in total. The molecule has 0 aromatic carbocycles. The van der Waals surface area contributed by atoms with Crippen LogP contribution in [0.4, 0.5) is 0 Å². The average Bonchev–Trinajstić information content (AvgIpc) is 3.13. The van der Waals surface area contributed by atoms with Crippen LogP contribution in [0, 0.1) is 10.1 Å². The number of unbranched alkanes of at least 4 members (excludes halogenated alkanes) is 1. The highest BCUT2D eigenvalue weighted by atomic mass is 35.5. The number of halogens is 1. The molecule has 0 radical (unpaired) electrons. The summed E-state index contributed by atoms with van der Waals surface area (Å²) in [7, 11) is 0. The molecule has 0 spiro atoms. The van der Waals surface area contributed by atoms with Crippen LogP contribution in [0.3, 0.4) is 0 Å². The molecule has 1 aromatic heterocycles. The Hall–Kier alpha value is -2.89. The van der Waals surface area contributed by atoms with Crippen LogP contribution in [0.5, 0.6) is 0 Å². The molecule has 2 atom stereocenters. The van der Waals surface area contributed by atoms with E-state index in [0.29, 0.717) is 18.5 Å². The number of amides is 2. The van der Waals surface area contributed by atoms with E-state index in [1.54, 1.807) is 13.1 Å². The number of carbonyl (C=O) groups is 3. The van der Waals surface area contributed by atoms with E-state index in [9.17, 15) is 29.6 Å². The molecule has 13 heteroatoms. The first-order valence-corrected chi connectivity index (χ1v) is 8.36. The standard InChI is InChI=1S/C15H23N5O7.ClH/c1-10(11-8-16-9-18-11)14(15(23)24)19-13(22)5-6-17-12(21)4-2-3-7-27-20(25)26;/h8-10,14H,2-7H2,1H3,(H,16,18)(H,17,21)(H,19,22)(H,23,24);1H. The van der Waals surface area contributed by atoms with Crippen LogP contribution in [0.15, 0.2) is 12.5 Å². The maximum atomic E-state index is 11.9. The van der Waals surface area contributed by atoms with Crippen LogP contribution in [0.25, 0.3) is 0 Å². The lowest BCUT2D eigenvalue weighted by molar-refractivity contribution is -0.757. The largest absolute Gasteiger partial charge is 0.480 e. The van der Waals surface area contributed by atoms with Crippen molar-refractivity contribution in [2.75, 3.05) is 13.2 Å². The molecular weight excluding hydrogens is 398 g/mol. The Kier molecular flexibility index (Phi) is 11.9. The van der Waals surface area contributed by atoms with Crippen molar-refractivity contribution in [3.8, 4) is 0 Å². The van der Waals surface area contributed by atoms with Crippen molar-refractivity contribution in [2.24, 2.45) is 0 Å². The minimum absolute atomic E-state index is 0. The molecule has 0 aliphatic carbocycles. The van der Waals surface area contributed by atoms with Gasteiger partial charge in [-0.15, -0.1) is 22.5 Å². The molecule has 1 aromatic rings. The number of H-pyrrole nitrogens is 1. The van der Waals surface area contributed by atoms with Crippen LogP contribution >= 0.6 is 12.4 Å². The van der Waals surface area contributed by atoms with E-state index in [1.165, 1.54) is 6.33 Å². The zero-order valence-corrected chi connectivity index (χ0v) is 16.1. The van der Waals surface area contributed by atoms with Gasteiger partial charge < -0.3 is 25.6 Å². The van der Waals surface area contributed by atoms with Crippen LogP contribution in [-0.4, -0.2) is 57.1 Å². The number of carboxylic acid groups (broad SMARTS) is 1. The molecule has 1 rings (SSSR count). The quantitative estimate of drug-likeness (QED) is 0.201. The summed E-state index contributed by atoms with van der Waals surface area (Å²) in [5.41, 5.74) is 0.511. The van der Waals surface area contributed by atoms with E-state index in [2.05, 4.69) is 25.4 Å². The van der Waals surface area contributed by atoms with Crippen LogP contribution in [-0.2, 0) is 19.2 Å². The first kappa shape index (κ1) is 25.1. The number of carboxylic acids is 1. The number of aromatic nitrogens is 2. The molecular formula is C15H24ClN5O7. The molecule has 0 aliphatic rings. The Morgan fingerprint density at radius 1 is 1.32 bits per heavy atom. The number of hydrogen-bond acceptors (Lipinski definition) is 7. The van der Waals surface area contributed by atoms with Crippen molar-refractivity contribution in [1.29, 1.82) is 0 Å². The molecule has 158 valence electrons. The van der Waals surface area contributed by atoms with Gasteiger partial charge in [-0.05, 0) is 12.8 Å². The number of rotatable bonds is 13. The van der Waals surface area contributed by atoms with Crippen LogP contribution < -0.4 is 10.6 Å². The number of carbonyl (C=O) groups excluding carboxylic acids is 2. The summed E-state index contributed by atoms with van der Waals surface area (Å²) in [5, 5.41) is 23.3. The number of nitrogens with one attached hydrogen (secondary N) is 3. The molecule has 2 amide bonds. The second-order valence-electron chi connectivity index (χ2n) is 5.78. The van der Waals surface area contributed by atoms with Gasteiger partial charge in [-0.1, -0.05) is 6.92 Å². The number of hydrogen-bond donors (Lipinski definition) is 4. The molecule has 0 bridgehead atoms. The van der Waals surface area contributed by atoms with E-state index < -0.39 is 28.9 Å². The first-order valence-electron chi connectivity index (χ1n) is 8.36. The van der Waals surface area contributed by atoms with Gasteiger partial charge in [0.25, 0.3) is 5.09 Å². The monoisotopic (exact) mass is 421 g/mol. The van der Waals surface area contributed by atoms with Gasteiger partial charge >= 0.3 is 5.97 Å². The fourth-order valence-electron chi connectivity index (χ4n) is 2.27. The van der Waals surface area contributed by atoms with Crippen LogP contribution in [0.1, 0.15) is 44.2 Å². The summed E-state index contributed by atoms with van der Waals surface area (Å²) in [6.45, 7) is 1.62. The average molecular weight is 422 g/mol. The highest BCUT2D eigenvalue weighted by molar-refractivity contribution is 5.85. The van der Waals surface area contributed by atoms with Crippen molar-refractivity contribution >= 4 is 30.2 Å². The zero-order valence-electron chi connectivity index (χ0n) is 15.3. The summed E-state index contributed by atoms with van der Waals surface area (Å²) in [4.78, 5) is 55.7.